The first-order chi connectivity index (χ1) is 15.1. The van der Waals surface area contributed by atoms with Crippen LogP contribution in [0.25, 0.3) is 0 Å². The van der Waals surface area contributed by atoms with Gasteiger partial charge in [0.05, 0.1) is 30.6 Å². The molecule has 0 unspecified atom stereocenters. The minimum Gasteiger partial charge on any atom is -0.497 e. The van der Waals surface area contributed by atoms with Crippen molar-refractivity contribution in [2.45, 2.75) is 30.6 Å². The monoisotopic (exact) mass is 459 g/mol. The van der Waals surface area contributed by atoms with Gasteiger partial charge in [-0.25, -0.2) is 0 Å². The summed E-state index contributed by atoms with van der Waals surface area (Å²) in [5.41, 5.74) is 0.510. The van der Waals surface area contributed by atoms with Gasteiger partial charge in [-0.1, -0.05) is 35.5 Å². The van der Waals surface area contributed by atoms with Crippen LogP contribution in [-0.4, -0.2) is 40.5 Å². The fourth-order valence-electron chi connectivity index (χ4n) is 3.14. The zero-order valence-electron chi connectivity index (χ0n) is 17.2. The second-order valence-corrected chi connectivity index (χ2v) is 8.35. The van der Waals surface area contributed by atoms with E-state index in [1.807, 2.05) is 18.2 Å². The van der Waals surface area contributed by atoms with E-state index in [1.165, 1.54) is 18.9 Å². The van der Waals surface area contributed by atoms with E-state index in [0.29, 0.717) is 39.0 Å². The molecule has 0 N–H and O–H groups in total. The van der Waals surface area contributed by atoms with Gasteiger partial charge in [0.25, 0.3) is 0 Å². The lowest BCUT2D eigenvalue weighted by Gasteiger charge is -2.11. The zero-order valence-corrected chi connectivity index (χ0v) is 18.8. The van der Waals surface area contributed by atoms with Crippen molar-refractivity contribution in [2.24, 2.45) is 0 Å². The molecule has 9 heteroatoms. The molecule has 0 spiro atoms. The molecule has 3 aromatic rings. The highest BCUT2D eigenvalue weighted by molar-refractivity contribution is 7.99. The number of thioether (sulfide) groups is 1. The average molecular weight is 460 g/mol. The molecule has 2 aromatic carbocycles. The Balaban J connectivity index is 1.46. The van der Waals surface area contributed by atoms with Gasteiger partial charge in [-0.15, -0.1) is 10.2 Å². The lowest BCUT2D eigenvalue weighted by Crippen LogP contribution is -2.09. The number of para-hydroxylation sites is 1. The molecular formula is C22H22ClN3O4S. The largest absolute Gasteiger partial charge is 0.497 e. The van der Waals surface area contributed by atoms with E-state index < -0.39 is 0 Å². The Morgan fingerprint density at radius 2 is 1.94 bits per heavy atom. The number of nitrogens with zero attached hydrogens (tertiary/aromatic N) is 3. The summed E-state index contributed by atoms with van der Waals surface area (Å²) in [6, 6.07) is 12.8. The molecule has 0 amide bonds. The molecule has 0 bridgehead atoms. The Kier molecular flexibility index (Phi) is 6.67. The number of ether oxygens (including phenoxy) is 3. The Hall–Kier alpha value is -2.71. The number of benzene rings is 2. The first-order valence-corrected chi connectivity index (χ1v) is 11.2. The van der Waals surface area contributed by atoms with Crippen LogP contribution in [0.4, 0.5) is 0 Å². The predicted octanol–water partition coefficient (Wildman–Crippen LogP) is 4.84. The van der Waals surface area contributed by atoms with Gasteiger partial charge in [0.1, 0.15) is 23.9 Å². The number of ketones is 1. The number of Topliss-reactive ketones (excluding diaryl/α,β-unsaturated/α-hetero) is 1. The van der Waals surface area contributed by atoms with Crippen molar-refractivity contribution < 1.29 is 19.0 Å². The van der Waals surface area contributed by atoms with Crippen molar-refractivity contribution in [3.05, 3.63) is 58.9 Å². The molecule has 7 nitrogen and oxygen atoms in total. The molecule has 1 aliphatic rings. The minimum atomic E-state index is -0.0521. The molecule has 1 aromatic heterocycles. The first kappa shape index (κ1) is 21.5. The number of carbonyl (C=O) groups excluding carboxylic acids is 1. The summed E-state index contributed by atoms with van der Waals surface area (Å²) < 4.78 is 18.5. The van der Waals surface area contributed by atoms with Crippen molar-refractivity contribution in [1.82, 2.24) is 14.8 Å². The summed E-state index contributed by atoms with van der Waals surface area (Å²) in [4.78, 5) is 12.8. The molecule has 1 saturated carbocycles. The standard InChI is InChI=1S/C22H22ClN3O4S/c1-28-15-9-10-16(20(11-15)29-2)18(27)13-31-22-25-24-21(26(22)14-7-8-14)12-30-19-6-4-3-5-17(19)23/h3-6,9-11,14H,7-8,12-13H2,1-2H3. The molecule has 0 radical (unpaired) electrons. The van der Waals surface area contributed by atoms with Crippen LogP contribution < -0.4 is 14.2 Å². The van der Waals surface area contributed by atoms with Gasteiger partial charge in [0.15, 0.2) is 16.8 Å². The third-order valence-electron chi connectivity index (χ3n) is 4.88. The molecule has 0 aliphatic heterocycles. The smallest absolute Gasteiger partial charge is 0.192 e. The highest BCUT2D eigenvalue weighted by atomic mass is 35.5. The van der Waals surface area contributed by atoms with Gasteiger partial charge >= 0.3 is 0 Å². The van der Waals surface area contributed by atoms with Gasteiger partial charge in [-0.3, -0.25) is 9.36 Å². The summed E-state index contributed by atoms with van der Waals surface area (Å²) in [6.45, 7) is 0.258. The molecule has 0 atom stereocenters. The second kappa shape index (κ2) is 9.62. The van der Waals surface area contributed by atoms with E-state index >= 15 is 0 Å². The number of hydrogen-bond acceptors (Lipinski definition) is 7. The highest BCUT2D eigenvalue weighted by Crippen LogP contribution is 2.39. The normalized spacial score (nSPS) is 13.1. The third kappa shape index (κ3) is 4.97. The molecular weight excluding hydrogens is 438 g/mol. The van der Waals surface area contributed by atoms with Gasteiger partial charge < -0.3 is 14.2 Å². The summed E-state index contributed by atoms with van der Waals surface area (Å²) in [6.07, 6.45) is 2.12. The topological polar surface area (TPSA) is 75.5 Å². The maximum atomic E-state index is 12.8. The Morgan fingerprint density at radius 1 is 1.13 bits per heavy atom. The molecule has 162 valence electrons. The van der Waals surface area contributed by atoms with Crippen molar-refractivity contribution in [3.8, 4) is 17.2 Å². The summed E-state index contributed by atoms with van der Waals surface area (Å²) >= 11 is 7.53. The van der Waals surface area contributed by atoms with E-state index in [1.54, 1.807) is 31.4 Å². The Bertz CT molecular complexity index is 1080. The quantitative estimate of drug-likeness (QED) is 0.317. The number of aromatic nitrogens is 3. The van der Waals surface area contributed by atoms with E-state index in [0.717, 1.165) is 18.7 Å². The van der Waals surface area contributed by atoms with Crippen LogP contribution in [0.1, 0.15) is 35.1 Å². The maximum Gasteiger partial charge on any atom is 0.192 e. The fourth-order valence-corrected chi connectivity index (χ4v) is 4.24. The van der Waals surface area contributed by atoms with E-state index in [4.69, 9.17) is 25.8 Å². The lowest BCUT2D eigenvalue weighted by molar-refractivity contribution is 0.101. The van der Waals surface area contributed by atoms with Crippen LogP contribution in [0.5, 0.6) is 17.2 Å². The summed E-state index contributed by atoms with van der Waals surface area (Å²) in [5.74, 6) is 2.62. The van der Waals surface area contributed by atoms with Crippen LogP contribution in [-0.2, 0) is 6.61 Å². The number of hydrogen-bond donors (Lipinski definition) is 0. The number of methoxy groups -OCH3 is 2. The molecule has 31 heavy (non-hydrogen) atoms. The van der Waals surface area contributed by atoms with Crippen LogP contribution >= 0.6 is 23.4 Å². The predicted molar refractivity (Wildman–Crippen MR) is 119 cm³/mol. The molecule has 4 rings (SSSR count). The first-order valence-electron chi connectivity index (χ1n) is 9.80. The minimum absolute atomic E-state index is 0.0521. The number of rotatable bonds is 10. The van der Waals surface area contributed by atoms with Gasteiger partial charge in [0.2, 0.25) is 0 Å². The van der Waals surface area contributed by atoms with Crippen molar-refractivity contribution in [3.63, 3.8) is 0 Å². The number of halogens is 1. The fraction of sp³-hybridized carbons (Fsp3) is 0.318. The van der Waals surface area contributed by atoms with E-state index in [-0.39, 0.29) is 18.1 Å². The van der Waals surface area contributed by atoms with Crippen molar-refractivity contribution in [1.29, 1.82) is 0 Å². The van der Waals surface area contributed by atoms with Crippen LogP contribution in [0.3, 0.4) is 0 Å². The Labute approximate surface area is 189 Å². The molecule has 1 fully saturated rings. The summed E-state index contributed by atoms with van der Waals surface area (Å²) in [7, 11) is 3.11. The van der Waals surface area contributed by atoms with Gasteiger partial charge in [0, 0.05) is 12.1 Å². The SMILES string of the molecule is COc1ccc(C(=O)CSc2nnc(COc3ccccc3Cl)n2C2CC2)c(OC)c1. The maximum absolute atomic E-state index is 12.8. The van der Waals surface area contributed by atoms with Gasteiger partial charge in [-0.05, 0) is 37.1 Å². The second-order valence-electron chi connectivity index (χ2n) is 7.00. The molecule has 1 aliphatic carbocycles. The van der Waals surface area contributed by atoms with E-state index in [2.05, 4.69) is 14.8 Å². The average Bonchev–Trinajstić information content (AvgIpc) is 3.56. The van der Waals surface area contributed by atoms with Crippen LogP contribution in [0.15, 0.2) is 47.6 Å². The van der Waals surface area contributed by atoms with Crippen molar-refractivity contribution in [2.75, 3.05) is 20.0 Å². The highest BCUT2D eigenvalue weighted by Gasteiger charge is 2.30. The lowest BCUT2D eigenvalue weighted by atomic mass is 10.1. The van der Waals surface area contributed by atoms with Gasteiger partial charge in [-0.2, -0.15) is 0 Å². The van der Waals surface area contributed by atoms with Crippen LogP contribution in [0.2, 0.25) is 5.02 Å². The molecule has 1 heterocycles. The third-order valence-corrected chi connectivity index (χ3v) is 6.14. The van der Waals surface area contributed by atoms with Crippen LogP contribution in [0, 0.1) is 0 Å². The van der Waals surface area contributed by atoms with Crippen molar-refractivity contribution >= 4 is 29.1 Å². The molecule has 0 saturated heterocycles. The Morgan fingerprint density at radius 3 is 2.65 bits per heavy atom. The zero-order chi connectivity index (χ0) is 21.8. The van der Waals surface area contributed by atoms with E-state index in [9.17, 15) is 4.79 Å². The number of carbonyl (C=O) groups is 1. The summed E-state index contributed by atoms with van der Waals surface area (Å²) in [5, 5.41) is 9.87.